The summed E-state index contributed by atoms with van der Waals surface area (Å²) in [5.41, 5.74) is 6.04. The summed E-state index contributed by atoms with van der Waals surface area (Å²) in [5, 5.41) is 13.4. The molecule has 11 heteroatoms. The Morgan fingerprint density at radius 2 is 1.67 bits per heavy atom. The quantitative estimate of drug-likeness (QED) is 0.102. The summed E-state index contributed by atoms with van der Waals surface area (Å²) in [7, 11) is 2.89. The fourth-order valence-electron chi connectivity index (χ4n) is 3.62. The van der Waals surface area contributed by atoms with E-state index in [-0.39, 0.29) is 28.9 Å². The van der Waals surface area contributed by atoms with Crippen molar-refractivity contribution in [3.05, 3.63) is 77.9 Å². The Morgan fingerprint density at radius 3 is 2.28 bits per heavy atom. The Morgan fingerprint density at radius 1 is 1.00 bits per heavy atom. The van der Waals surface area contributed by atoms with Crippen molar-refractivity contribution in [2.45, 2.75) is 19.0 Å². The topological polar surface area (TPSA) is 117 Å². The zero-order valence-corrected chi connectivity index (χ0v) is 22.7. The molecule has 0 fully saturated rings. The third-order valence-electron chi connectivity index (χ3n) is 5.42. The van der Waals surface area contributed by atoms with Crippen molar-refractivity contribution in [1.29, 1.82) is 0 Å². The van der Waals surface area contributed by atoms with E-state index in [0.29, 0.717) is 16.5 Å². The summed E-state index contributed by atoms with van der Waals surface area (Å²) in [5.74, 6) is 0.654. The normalized spacial score (nSPS) is 10.9. The van der Waals surface area contributed by atoms with E-state index < -0.39 is 5.97 Å². The Balaban J connectivity index is 1.47. The van der Waals surface area contributed by atoms with Gasteiger partial charge in [-0.3, -0.25) is 14.2 Å². The number of thioether (sulfide) groups is 1. The second kappa shape index (κ2) is 12.7. The average molecular weight is 546 g/mol. The Hall–Kier alpha value is -4.64. The molecule has 0 saturated heterocycles. The smallest absolute Gasteiger partial charge is 0.308 e. The number of hydrogen-bond acceptors (Lipinski definition) is 9. The molecule has 4 rings (SSSR count). The van der Waals surface area contributed by atoms with E-state index in [0.717, 1.165) is 16.8 Å². The van der Waals surface area contributed by atoms with Gasteiger partial charge in [-0.1, -0.05) is 59.8 Å². The first-order valence-electron chi connectivity index (χ1n) is 11.9. The lowest BCUT2D eigenvalue weighted by Crippen LogP contribution is -2.20. The summed E-state index contributed by atoms with van der Waals surface area (Å²) in [6.07, 6.45) is 1.44. The van der Waals surface area contributed by atoms with Gasteiger partial charge in [0, 0.05) is 23.7 Å². The van der Waals surface area contributed by atoms with Crippen molar-refractivity contribution >= 4 is 29.9 Å². The van der Waals surface area contributed by atoms with E-state index in [9.17, 15) is 9.59 Å². The summed E-state index contributed by atoms with van der Waals surface area (Å²) < 4.78 is 17.7. The molecule has 0 aliphatic heterocycles. The van der Waals surface area contributed by atoms with Crippen molar-refractivity contribution in [2.75, 3.05) is 20.0 Å². The summed E-state index contributed by atoms with van der Waals surface area (Å²) in [6, 6.07) is 21.0. The first-order valence-corrected chi connectivity index (χ1v) is 12.8. The number of nitrogens with zero attached hydrogens (tertiary/aromatic N) is 4. The van der Waals surface area contributed by atoms with Gasteiger partial charge in [0.05, 0.1) is 26.2 Å². The van der Waals surface area contributed by atoms with Crippen LogP contribution in [0.1, 0.15) is 18.1 Å². The molecule has 3 aromatic carbocycles. The highest BCUT2D eigenvalue weighted by Crippen LogP contribution is 2.38. The molecule has 0 aliphatic carbocycles. The van der Waals surface area contributed by atoms with Gasteiger partial charge in [-0.05, 0) is 31.2 Å². The maximum Gasteiger partial charge on any atom is 0.308 e. The molecule has 10 nitrogen and oxygen atoms in total. The molecule has 0 spiro atoms. The lowest BCUT2D eigenvalue weighted by Gasteiger charge is -2.13. The van der Waals surface area contributed by atoms with Crippen LogP contribution in [-0.2, 0) is 9.59 Å². The molecule has 39 heavy (non-hydrogen) atoms. The third-order valence-corrected chi connectivity index (χ3v) is 6.35. The number of para-hydroxylation sites is 1. The van der Waals surface area contributed by atoms with Gasteiger partial charge < -0.3 is 14.2 Å². The number of nitrogens with one attached hydrogen (secondary N) is 1. The number of benzene rings is 3. The minimum atomic E-state index is -0.508. The lowest BCUT2D eigenvalue weighted by atomic mass is 10.1. The molecular weight excluding hydrogens is 518 g/mol. The number of ether oxygens (including phenoxy) is 3. The van der Waals surface area contributed by atoms with Crippen LogP contribution in [0.25, 0.3) is 17.1 Å². The number of aromatic nitrogens is 3. The van der Waals surface area contributed by atoms with Crippen molar-refractivity contribution in [3.63, 3.8) is 0 Å². The van der Waals surface area contributed by atoms with Gasteiger partial charge >= 0.3 is 5.97 Å². The van der Waals surface area contributed by atoms with Crippen molar-refractivity contribution in [2.24, 2.45) is 5.10 Å². The predicted octanol–water partition coefficient (Wildman–Crippen LogP) is 4.43. The van der Waals surface area contributed by atoms with Crippen LogP contribution in [0.4, 0.5) is 0 Å². The van der Waals surface area contributed by atoms with E-state index >= 15 is 0 Å². The number of rotatable bonds is 10. The van der Waals surface area contributed by atoms with Gasteiger partial charge in [0.25, 0.3) is 5.91 Å². The molecule has 1 amide bonds. The second-order valence-electron chi connectivity index (χ2n) is 8.27. The molecule has 1 aromatic heterocycles. The number of carbonyl (C=O) groups excluding carboxylic acids is 2. The van der Waals surface area contributed by atoms with Gasteiger partial charge in [-0.25, -0.2) is 5.43 Å². The third kappa shape index (κ3) is 6.82. The fourth-order valence-corrected chi connectivity index (χ4v) is 4.37. The van der Waals surface area contributed by atoms with E-state index in [2.05, 4.69) is 20.7 Å². The number of hydrogen-bond donors (Lipinski definition) is 1. The Labute approximate surface area is 230 Å². The van der Waals surface area contributed by atoms with Crippen molar-refractivity contribution < 1.29 is 23.8 Å². The van der Waals surface area contributed by atoms with Crippen LogP contribution < -0.4 is 19.6 Å². The molecular formula is C28H27N5O5S. The van der Waals surface area contributed by atoms with Crippen LogP contribution in [0.15, 0.2) is 77.0 Å². The van der Waals surface area contributed by atoms with E-state index in [4.69, 9.17) is 14.2 Å². The Bertz CT molecular complexity index is 1460. The molecule has 200 valence electrons. The minimum absolute atomic E-state index is 0.0637. The van der Waals surface area contributed by atoms with Crippen LogP contribution >= 0.6 is 11.8 Å². The van der Waals surface area contributed by atoms with E-state index in [1.165, 1.54) is 39.1 Å². The lowest BCUT2D eigenvalue weighted by molar-refractivity contribution is -0.132. The fraction of sp³-hybridized carbons (Fsp3) is 0.179. The summed E-state index contributed by atoms with van der Waals surface area (Å²) in [4.78, 5) is 24.0. The highest BCUT2D eigenvalue weighted by molar-refractivity contribution is 7.99. The average Bonchev–Trinajstić information content (AvgIpc) is 3.37. The maximum absolute atomic E-state index is 12.6. The van der Waals surface area contributed by atoms with Gasteiger partial charge in [0.2, 0.25) is 5.75 Å². The number of carbonyl (C=O) groups is 2. The molecule has 0 radical (unpaired) electrons. The molecule has 1 N–H and O–H groups in total. The predicted molar refractivity (Wildman–Crippen MR) is 149 cm³/mol. The first-order chi connectivity index (χ1) is 18.9. The van der Waals surface area contributed by atoms with Gasteiger partial charge in [0.15, 0.2) is 22.5 Å². The highest BCUT2D eigenvalue weighted by Gasteiger charge is 2.18. The molecule has 4 aromatic rings. The zero-order chi connectivity index (χ0) is 27.8. The van der Waals surface area contributed by atoms with E-state index in [1.54, 1.807) is 12.1 Å². The zero-order valence-electron chi connectivity index (χ0n) is 21.9. The minimum Gasteiger partial charge on any atom is -0.493 e. The van der Waals surface area contributed by atoms with Crippen LogP contribution in [0.2, 0.25) is 0 Å². The SMILES string of the molecule is COc1cc(C=NNC(=O)CSc2nnc(-c3ccc(C)cc3)n2-c2ccccc2)cc(OC)c1OC(C)=O. The van der Waals surface area contributed by atoms with Crippen LogP contribution in [-0.4, -0.2) is 52.8 Å². The number of hydrazone groups is 1. The molecule has 1 heterocycles. The van der Waals surface area contributed by atoms with E-state index in [1.807, 2.05) is 66.1 Å². The van der Waals surface area contributed by atoms with Crippen LogP contribution in [0.3, 0.4) is 0 Å². The van der Waals surface area contributed by atoms with Gasteiger partial charge in [-0.2, -0.15) is 5.10 Å². The monoisotopic (exact) mass is 545 g/mol. The number of methoxy groups -OCH3 is 2. The molecule has 0 saturated carbocycles. The van der Waals surface area contributed by atoms with Crippen molar-refractivity contribution in [1.82, 2.24) is 20.2 Å². The molecule has 0 atom stereocenters. The van der Waals surface area contributed by atoms with Crippen LogP contribution in [0.5, 0.6) is 17.2 Å². The van der Waals surface area contributed by atoms with Crippen LogP contribution in [0, 0.1) is 6.92 Å². The molecule has 0 unspecified atom stereocenters. The van der Waals surface area contributed by atoms with Crippen molar-refractivity contribution in [3.8, 4) is 34.3 Å². The highest BCUT2D eigenvalue weighted by atomic mass is 32.2. The first kappa shape index (κ1) is 27.4. The standard InChI is InChI=1S/C28H27N5O5S/c1-18-10-12-21(13-11-18)27-31-32-28(33(27)22-8-6-5-7-9-22)39-17-25(35)30-29-16-20-14-23(36-3)26(38-19(2)34)24(15-20)37-4/h5-16H,17H2,1-4H3,(H,30,35). The second-order valence-corrected chi connectivity index (χ2v) is 9.22. The molecule has 0 bridgehead atoms. The molecule has 0 aliphatic rings. The van der Waals surface area contributed by atoms with Gasteiger partial charge in [0.1, 0.15) is 0 Å². The Kier molecular flexibility index (Phi) is 8.95. The number of amides is 1. The summed E-state index contributed by atoms with van der Waals surface area (Å²) >= 11 is 1.25. The summed E-state index contributed by atoms with van der Waals surface area (Å²) in [6.45, 7) is 3.31. The number of aryl methyl sites for hydroxylation is 1. The largest absolute Gasteiger partial charge is 0.493 e. The maximum atomic E-state index is 12.6. The van der Waals surface area contributed by atoms with Gasteiger partial charge in [-0.15, -0.1) is 10.2 Å². The number of esters is 1.